The van der Waals surface area contributed by atoms with Gasteiger partial charge in [0.25, 0.3) is 5.56 Å². The van der Waals surface area contributed by atoms with Crippen LogP contribution in [-0.2, 0) is 20.5 Å². The van der Waals surface area contributed by atoms with Crippen LogP contribution >= 0.6 is 11.5 Å². The largest absolute Gasteiger partial charge is 0.331 e. The molecule has 30 nitrogen and oxygen atoms in total. The predicted molar refractivity (Wildman–Crippen MR) is 508 cm³/mol. The van der Waals surface area contributed by atoms with Gasteiger partial charge in [-0.3, -0.25) is 72.8 Å². The van der Waals surface area contributed by atoms with Gasteiger partial charge in [0.2, 0.25) is 0 Å². The average Bonchev–Trinajstić information content (AvgIpc) is 1.78. The first kappa shape index (κ1) is 88.6. The molecule has 31 heteroatoms. The summed E-state index contributed by atoms with van der Waals surface area (Å²) in [5, 5.41) is 32.7. The zero-order valence-corrected chi connectivity index (χ0v) is 73.1. The van der Waals surface area contributed by atoms with E-state index >= 15 is 0 Å². The van der Waals surface area contributed by atoms with Crippen LogP contribution in [0.5, 0.6) is 0 Å². The fraction of sp³-hybridized carbons (Fsp3) is 0.190. The molecule has 131 heavy (non-hydrogen) atoms. The SMILES string of the molecule is CCc1n[nH]c(=O)c2ccc(-c3cccnc3C#N)cc12.Cc1c(-c2ccc3c(c2)C(CN)=NCC3=O)cncc1C1CC1.Cc1ncc(-c2ccc3c(c2)C(CN)=NCC3=O)n1C.Cn1ncc(-c2cncc(-c3ccc4c(c3)C(CN)=NCC4=O)c2)c1C#N.NCC1=NCC(=O)c2ccc(-c3cnc4ccccn34)cc21.NCC1=NCC(=O)c2ccc(-c3cnsc3)cc21. The van der Waals surface area contributed by atoms with E-state index < -0.39 is 0 Å². The number of imidazole rings is 2. The molecular weight excluding hydrogens is 1670 g/mol. The number of hydrogen-bond donors (Lipinski definition) is 6. The Hall–Kier alpha value is -15.9. The lowest BCUT2D eigenvalue weighted by atomic mass is 9.90. The molecule has 11 N–H and O–H groups in total. The summed E-state index contributed by atoms with van der Waals surface area (Å²) in [7, 11) is 3.70. The van der Waals surface area contributed by atoms with Crippen molar-refractivity contribution in [2.75, 3.05) is 65.4 Å². The smallest absolute Gasteiger partial charge is 0.272 e. The van der Waals surface area contributed by atoms with Crippen molar-refractivity contribution in [2.45, 2.75) is 46.0 Å². The van der Waals surface area contributed by atoms with Crippen molar-refractivity contribution < 1.29 is 24.0 Å². The van der Waals surface area contributed by atoms with E-state index in [1.807, 2.05) is 206 Å². The van der Waals surface area contributed by atoms with Gasteiger partial charge in [-0.25, -0.2) is 24.4 Å². The van der Waals surface area contributed by atoms with Crippen molar-refractivity contribution in [3.05, 3.63) is 313 Å². The van der Waals surface area contributed by atoms with Crippen LogP contribution in [-0.4, -0.2) is 181 Å². The van der Waals surface area contributed by atoms with Gasteiger partial charge in [0.05, 0.1) is 69.6 Å². The van der Waals surface area contributed by atoms with Crippen LogP contribution in [0.15, 0.2) is 243 Å². The molecular formula is C100H88N24O6S. The van der Waals surface area contributed by atoms with E-state index in [2.05, 4.69) is 88.6 Å². The molecule has 650 valence electrons. The number of pyridine rings is 4. The van der Waals surface area contributed by atoms with Crippen LogP contribution in [0.3, 0.4) is 0 Å². The van der Waals surface area contributed by atoms with Gasteiger partial charge in [-0.05, 0) is 169 Å². The van der Waals surface area contributed by atoms with Crippen molar-refractivity contribution in [1.82, 2.24) is 58.2 Å². The van der Waals surface area contributed by atoms with E-state index in [9.17, 15) is 34.0 Å². The number of aryl methyl sites for hydroxylation is 3. The Labute approximate surface area is 756 Å². The second-order valence-corrected chi connectivity index (χ2v) is 32.1. The molecule has 1 aliphatic carbocycles. The molecule has 9 aromatic heterocycles. The maximum atomic E-state index is 12.1. The minimum absolute atomic E-state index is 0.00496. The molecule has 1 fully saturated rings. The van der Waals surface area contributed by atoms with Gasteiger partial charge in [-0.2, -0.15) is 20.7 Å². The first-order valence-corrected chi connectivity index (χ1v) is 43.1. The van der Waals surface area contributed by atoms with Crippen LogP contribution in [0.25, 0.3) is 94.6 Å². The fourth-order valence-electron chi connectivity index (χ4n) is 16.3. The predicted octanol–water partition coefficient (Wildman–Crippen LogP) is 12.3. The van der Waals surface area contributed by atoms with Crippen molar-refractivity contribution in [1.29, 1.82) is 10.5 Å². The van der Waals surface area contributed by atoms with Crippen molar-refractivity contribution in [3.8, 4) is 90.3 Å². The number of benzene rings is 6. The maximum Gasteiger partial charge on any atom is 0.272 e. The van der Waals surface area contributed by atoms with E-state index in [0.717, 1.165) is 175 Å². The number of carbonyl (C=O) groups is 5. The Morgan fingerprint density at radius 2 is 0.939 bits per heavy atom. The normalized spacial score (nSPS) is 13.8. The highest BCUT2D eigenvalue weighted by Gasteiger charge is 2.30. The fourth-order valence-corrected chi connectivity index (χ4v) is 16.9. The van der Waals surface area contributed by atoms with Gasteiger partial charge >= 0.3 is 0 Å². The quantitative estimate of drug-likeness (QED) is 0.0589. The first-order valence-electron chi connectivity index (χ1n) is 42.3. The zero-order valence-electron chi connectivity index (χ0n) is 72.3. The number of nitriles is 2. The second kappa shape index (κ2) is 39.2. The Kier molecular flexibility index (Phi) is 26.5. The minimum Gasteiger partial charge on any atom is -0.331 e. The van der Waals surface area contributed by atoms with Gasteiger partial charge < -0.3 is 33.2 Å². The van der Waals surface area contributed by atoms with Gasteiger partial charge in [-0.15, -0.1) is 0 Å². The molecule has 15 aromatic rings. The molecule has 0 atom stereocenters. The third-order valence-corrected chi connectivity index (χ3v) is 24.2. The minimum atomic E-state index is -0.208. The highest BCUT2D eigenvalue weighted by Crippen LogP contribution is 2.44. The number of nitrogens with zero attached hydrogens (tertiary/aromatic N) is 18. The summed E-state index contributed by atoms with van der Waals surface area (Å²) in [5.74, 6) is 1.81. The molecule has 0 unspecified atom stereocenters. The number of nitrogens with one attached hydrogen (secondary N) is 1. The lowest BCUT2D eigenvalue weighted by molar-refractivity contribution is 0.0992. The van der Waals surface area contributed by atoms with Gasteiger partial charge in [0.15, 0.2) is 28.9 Å². The summed E-state index contributed by atoms with van der Waals surface area (Å²) in [6.45, 7) is 8.70. The number of fused-ring (bicyclic) bond motifs is 7. The van der Waals surface area contributed by atoms with Crippen molar-refractivity contribution in [2.24, 2.45) is 67.7 Å². The summed E-state index contributed by atoms with van der Waals surface area (Å²) in [6, 6.07) is 50.2. The van der Waals surface area contributed by atoms with Gasteiger partial charge in [-0.1, -0.05) is 67.6 Å². The summed E-state index contributed by atoms with van der Waals surface area (Å²) < 4.78 is 9.66. The standard InChI is InChI=1S/C20H16N6O.C19H19N3O.C17H14N4O.C16H12N4O.C15H16N4O.C13H11N3OS/c1-26-19(7-22)17(10-25-26)14-4-13(8-23-9-14)12-2-3-15-16(5-12)18(6-21)24-11-20(15)27;1-11-16(12-2-3-12)8-21-9-17(11)13-4-5-14-15(6-13)18(7-20)22-10-19(14)23;18-8-14-13-7-11(4-5-12(13)16(22)10-19-14)15-9-20-17-3-1-2-6-21(15)17;1-2-14-13-8-10(5-6-12(13)16(21)20-19-14)11-4-3-7-18-15(11)9-17;1-9-17-7-14(19(9)2)10-3-4-11-12(5-10)13(6-16)18-8-15(11)20;14-4-12-11-3-8(9-5-16-18-7-9)1-2-10(11)13(17)6-15-12/h2-5,8-10H,6,11,21H2,1H3;4-6,8-9,12H,2-3,7,10,20H2,1H3;1-7,9H,8,10,18H2;3-8H,2H2,1H3,(H,20,21);3-5,7H,6,8,16H2,1-2H3;1-3,5,7H,4,6,14H2. The van der Waals surface area contributed by atoms with Crippen LogP contribution in [0.1, 0.15) is 139 Å². The summed E-state index contributed by atoms with van der Waals surface area (Å²) in [6.07, 6.45) is 21.3. The highest BCUT2D eigenvalue weighted by atomic mass is 32.1. The van der Waals surface area contributed by atoms with Crippen molar-refractivity contribution >= 4 is 85.4 Å². The Bertz CT molecular complexity index is 7410. The summed E-state index contributed by atoms with van der Waals surface area (Å²) in [5.41, 5.74) is 58.6. The van der Waals surface area contributed by atoms with Gasteiger partial charge in [0.1, 0.15) is 67.7 Å². The van der Waals surface area contributed by atoms with E-state index in [4.69, 9.17) is 33.9 Å². The van der Waals surface area contributed by atoms with Crippen LogP contribution in [0.4, 0.5) is 0 Å². The van der Waals surface area contributed by atoms with E-state index in [0.29, 0.717) is 65.6 Å². The Balaban J connectivity index is 0.000000115. The molecule has 14 heterocycles. The molecule has 0 amide bonds. The molecule has 6 aromatic carbocycles. The molecule has 0 saturated heterocycles. The van der Waals surface area contributed by atoms with Crippen LogP contribution in [0, 0.1) is 36.5 Å². The van der Waals surface area contributed by atoms with Crippen LogP contribution < -0.4 is 34.2 Å². The summed E-state index contributed by atoms with van der Waals surface area (Å²) in [4.78, 5) is 115. The first-order chi connectivity index (χ1) is 63.7. The van der Waals surface area contributed by atoms with Crippen LogP contribution in [0.2, 0.25) is 0 Å². The third-order valence-electron chi connectivity index (χ3n) is 23.6. The number of aliphatic imine (C=N–C) groups is 5. The third kappa shape index (κ3) is 18.4. The number of rotatable bonds is 14. The van der Waals surface area contributed by atoms with E-state index in [1.54, 1.807) is 44.0 Å². The number of Topliss-reactive ketones (excluding diaryl/α,β-unsaturated/α-hetero) is 5. The zero-order chi connectivity index (χ0) is 91.7. The Morgan fingerprint density at radius 3 is 1.45 bits per heavy atom. The maximum absolute atomic E-state index is 12.1. The lowest BCUT2D eigenvalue weighted by Crippen LogP contribution is -2.25. The van der Waals surface area contributed by atoms with E-state index in [-0.39, 0.29) is 73.7 Å². The molecule has 21 rings (SSSR count). The number of ketones is 5. The number of aromatic amines is 1. The monoisotopic (exact) mass is 1750 g/mol. The number of hydrogen-bond acceptors (Lipinski definition) is 27. The molecule has 6 aliphatic rings. The lowest BCUT2D eigenvalue weighted by Gasteiger charge is -2.17. The average molecular weight is 1750 g/mol. The number of aromatic nitrogens is 12. The second-order valence-electron chi connectivity index (χ2n) is 31.4. The van der Waals surface area contributed by atoms with Gasteiger partial charge in [0, 0.05) is 201 Å². The molecule has 1 saturated carbocycles. The highest BCUT2D eigenvalue weighted by molar-refractivity contribution is 7.03. The summed E-state index contributed by atoms with van der Waals surface area (Å²) >= 11 is 1.41. The number of H-pyrrole nitrogens is 1. The number of nitrogens with two attached hydrogens (primary N) is 5. The molecule has 5 aliphatic heterocycles. The number of carbonyl (C=O) groups excluding carboxylic acids is 5. The Morgan fingerprint density at radius 1 is 0.443 bits per heavy atom. The van der Waals surface area contributed by atoms with E-state index in [1.165, 1.54) is 40.2 Å². The molecule has 0 radical (unpaired) electrons. The molecule has 0 spiro atoms. The topological polar surface area (TPSA) is 475 Å². The molecule has 0 bridgehead atoms. The van der Waals surface area contributed by atoms with Crippen molar-refractivity contribution in [3.63, 3.8) is 0 Å².